The minimum Gasteiger partial charge on any atom is -0.454 e. The second kappa shape index (κ2) is 6.05. The van der Waals surface area contributed by atoms with Crippen LogP contribution in [0.4, 0.5) is 0 Å². The van der Waals surface area contributed by atoms with Crippen molar-refractivity contribution in [3.63, 3.8) is 0 Å². The fraction of sp³-hybridized carbons (Fsp3) is 0.125. The minimum atomic E-state index is -3.79. The summed E-state index contributed by atoms with van der Waals surface area (Å²) < 4.78 is 31.4. The molecular formula is C16H14ClN3O4S. The third kappa shape index (κ3) is 3.18. The van der Waals surface area contributed by atoms with Crippen LogP contribution in [0, 0.1) is 6.92 Å². The van der Waals surface area contributed by atoms with Gasteiger partial charge in [0.25, 0.3) is 5.91 Å². The fourth-order valence-electron chi connectivity index (χ4n) is 2.56. The lowest BCUT2D eigenvalue weighted by Crippen LogP contribution is -2.24. The van der Waals surface area contributed by atoms with Crippen LogP contribution >= 0.6 is 11.6 Å². The van der Waals surface area contributed by atoms with Gasteiger partial charge in [-0.2, -0.15) is 4.99 Å². The van der Waals surface area contributed by atoms with Gasteiger partial charge in [0.1, 0.15) is 10.6 Å². The monoisotopic (exact) mass is 379 g/mol. The summed E-state index contributed by atoms with van der Waals surface area (Å²) in [4.78, 5) is 15.2. The first-order valence-corrected chi connectivity index (χ1v) is 9.18. The quantitative estimate of drug-likeness (QED) is 0.577. The number of fused-ring (bicyclic) bond motifs is 2. The molecule has 0 spiro atoms. The van der Waals surface area contributed by atoms with Crippen LogP contribution < -0.4 is 16.2 Å². The van der Waals surface area contributed by atoms with E-state index in [2.05, 4.69) is 4.99 Å². The Morgan fingerprint density at radius 2 is 1.96 bits per heavy atom. The highest BCUT2D eigenvalue weighted by Gasteiger charge is 2.30. The number of guanidine groups is 1. The van der Waals surface area contributed by atoms with E-state index in [-0.39, 0.29) is 27.0 Å². The Labute approximate surface area is 149 Å². The summed E-state index contributed by atoms with van der Waals surface area (Å²) in [5, 5.41) is -0.0219. The lowest BCUT2D eigenvalue weighted by atomic mass is 10.1. The number of amides is 1. The maximum Gasteiger partial charge on any atom is 0.280 e. The summed E-state index contributed by atoms with van der Waals surface area (Å²) in [7, 11) is -3.79. The van der Waals surface area contributed by atoms with Crippen LogP contribution in [-0.2, 0) is 15.6 Å². The molecule has 0 saturated carbocycles. The van der Waals surface area contributed by atoms with Crippen molar-refractivity contribution < 1.29 is 17.9 Å². The molecule has 3 rings (SSSR count). The van der Waals surface area contributed by atoms with Gasteiger partial charge in [-0.25, -0.2) is 8.42 Å². The average Bonchev–Trinajstić information content (AvgIpc) is 2.61. The molecule has 4 N–H and O–H groups in total. The Morgan fingerprint density at radius 1 is 1.24 bits per heavy atom. The van der Waals surface area contributed by atoms with Gasteiger partial charge in [-0.3, -0.25) is 4.79 Å². The molecule has 1 aliphatic heterocycles. The summed E-state index contributed by atoms with van der Waals surface area (Å²) in [5.74, 6) is -1.07. The lowest BCUT2D eigenvalue weighted by Gasteiger charge is -2.12. The Balaban J connectivity index is 2.24. The highest BCUT2D eigenvalue weighted by Crippen LogP contribution is 2.43. The molecule has 1 amide bonds. The summed E-state index contributed by atoms with van der Waals surface area (Å²) in [6.45, 7) is 1.81. The fourth-order valence-corrected chi connectivity index (χ4v) is 4.41. The SMILES string of the molecule is Cc1cccc2c1Oc1c(Cl)cc(C(=O)N=C(N)N)cc1S(=O)(=O)C2. The highest BCUT2D eigenvalue weighted by molar-refractivity contribution is 7.90. The molecule has 0 unspecified atom stereocenters. The molecule has 0 aromatic heterocycles. The van der Waals surface area contributed by atoms with Crippen molar-refractivity contribution >= 4 is 33.3 Å². The van der Waals surface area contributed by atoms with Crippen molar-refractivity contribution in [1.82, 2.24) is 0 Å². The van der Waals surface area contributed by atoms with Gasteiger partial charge in [-0.05, 0) is 24.6 Å². The van der Waals surface area contributed by atoms with Crippen molar-refractivity contribution in [2.75, 3.05) is 0 Å². The number of hydrogen-bond donors (Lipinski definition) is 2. The molecule has 2 aromatic carbocycles. The number of halogens is 1. The predicted molar refractivity (Wildman–Crippen MR) is 93.7 cm³/mol. The summed E-state index contributed by atoms with van der Waals surface area (Å²) in [6.07, 6.45) is 0. The van der Waals surface area contributed by atoms with Gasteiger partial charge in [0.05, 0.1) is 10.8 Å². The smallest absolute Gasteiger partial charge is 0.280 e. The van der Waals surface area contributed by atoms with Crippen LogP contribution in [0.1, 0.15) is 21.5 Å². The van der Waals surface area contributed by atoms with Crippen molar-refractivity contribution in [3.8, 4) is 11.5 Å². The topological polar surface area (TPSA) is 125 Å². The maximum absolute atomic E-state index is 12.8. The van der Waals surface area contributed by atoms with Gasteiger partial charge in [0.2, 0.25) is 0 Å². The van der Waals surface area contributed by atoms with E-state index >= 15 is 0 Å². The summed E-state index contributed by atoms with van der Waals surface area (Å²) >= 11 is 6.19. The molecule has 0 aliphatic carbocycles. The van der Waals surface area contributed by atoms with Gasteiger partial charge in [-0.15, -0.1) is 0 Å². The van der Waals surface area contributed by atoms with Crippen molar-refractivity contribution in [3.05, 3.63) is 52.0 Å². The van der Waals surface area contributed by atoms with Crippen molar-refractivity contribution in [1.29, 1.82) is 0 Å². The summed E-state index contributed by atoms with van der Waals surface area (Å²) in [6, 6.07) is 7.67. The number of para-hydroxylation sites is 1. The molecule has 1 aliphatic rings. The largest absolute Gasteiger partial charge is 0.454 e. The number of aliphatic imine (C=N–C) groups is 1. The number of nitrogens with two attached hydrogens (primary N) is 2. The number of aryl methyl sites for hydroxylation is 1. The number of sulfone groups is 1. The van der Waals surface area contributed by atoms with E-state index in [0.29, 0.717) is 11.3 Å². The number of hydrogen-bond acceptors (Lipinski definition) is 4. The molecule has 2 aromatic rings. The third-order valence-corrected chi connectivity index (χ3v) is 5.61. The van der Waals surface area contributed by atoms with E-state index in [9.17, 15) is 13.2 Å². The van der Waals surface area contributed by atoms with E-state index < -0.39 is 21.7 Å². The van der Waals surface area contributed by atoms with Gasteiger partial charge in [0, 0.05) is 11.1 Å². The molecular weight excluding hydrogens is 366 g/mol. The molecule has 25 heavy (non-hydrogen) atoms. The standard InChI is InChI=1S/C16H14ClN3O4S/c1-8-3-2-4-9-7-25(22,23)12-6-10(15(21)20-16(18)19)5-11(17)14(12)24-13(8)9/h2-6H,7H2,1H3,(H4,18,19,20,21). The zero-order valence-corrected chi connectivity index (χ0v) is 14.7. The molecule has 9 heteroatoms. The number of carbonyl (C=O) groups excluding carboxylic acids is 1. The normalized spacial score (nSPS) is 14.5. The Morgan fingerprint density at radius 3 is 2.64 bits per heavy atom. The predicted octanol–water partition coefficient (Wildman–Crippen LogP) is 2.14. The molecule has 0 atom stereocenters. The van der Waals surface area contributed by atoms with E-state index in [1.54, 1.807) is 25.1 Å². The number of nitrogens with zero attached hydrogens (tertiary/aromatic N) is 1. The van der Waals surface area contributed by atoms with Crippen molar-refractivity contribution in [2.24, 2.45) is 16.5 Å². The van der Waals surface area contributed by atoms with Gasteiger partial charge < -0.3 is 16.2 Å². The summed E-state index contributed by atoms with van der Waals surface area (Å²) in [5.41, 5.74) is 11.6. The third-order valence-electron chi connectivity index (χ3n) is 3.67. The zero-order valence-electron chi connectivity index (χ0n) is 13.1. The van der Waals surface area contributed by atoms with Crippen LogP contribution in [0.15, 0.2) is 40.2 Å². The molecule has 0 fully saturated rings. The second-order valence-corrected chi connectivity index (χ2v) is 7.92. The Kier molecular flexibility index (Phi) is 4.18. The first-order chi connectivity index (χ1) is 11.7. The molecule has 0 bridgehead atoms. The van der Waals surface area contributed by atoms with Gasteiger partial charge in [0.15, 0.2) is 21.5 Å². The van der Waals surface area contributed by atoms with E-state index in [1.807, 2.05) is 0 Å². The highest BCUT2D eigenvalue weighted by atomic mass is 35.5. The lowest BCUT2D eigenvalue weighted by molar-refractivity contribution is 0.100. The average molecular weight is 380 g/mol. The van der Waals surface area contributed by atoms with Crippen LogP contribution in [0.25, 0.3) is 0 Å². The van der Waals surface area contributed by atoms with E-state index in [0.717, 1.165) is 5.56 Å². The zero-order chi connectivity index (χ0) is 18.4. The number of ether oxygens (including phenoxy) is 1. The molecule has 130 valence electrons. The van der Waals surface area contributed by atoms with Crippen LogP contribution in [-0.4, -0.2) is 20.3 Å². The number of benzene rings is 2. The maximum atomic E-state index is 12.8. The van der Waals surface area contributed by atoms with Crippen LogP contribution in [0.3, 0.4) is 0 Å². The molecule has 0 saturated heterocycles. The number of carbonyl (C=O) groups is 1. The minimum absolute atomic E-state index is 0.0176. The molecule has 1 heterocycles. The Bertz CT molecular complexity index is 1030. The Hall–Kier alpha value is -2.58. The van der Waals surface area contributed by atoms with Gasteiger partial charge in [-0.1, -0.05) is 29.8 Å². The van der Waals surface area contributed by atoms with E-state index in [1.165, 1.54) is 12.1 Å². The van der Waals surface area contributed by atoms with Gasteiger partial charge >= 0.3 is 0 Å². The molecule has 7 nitrogen and oxygen atoms in total. The molecule has 0 radical (unpaired) electrons. The van der Waals surface area contributed by atoms with E-state index in [4.69, 9.17) is 27.8 Å². The first kappa shape index (κ1) is 17.2. The van der Waals surface area contributed by atoms with Crippen LogP contribution in [0.5, 0.6) is 11.5 Å². The first-order valence-electron chi connectivity index (χ1n) is 7.15. The van der Waals surface area contributed by atoms with Crippen LogP contribution in [0.2, 0.25) is 5.02 Å². The van der Waals surface area contributed by atoms with Crippen molar-refractivity contribution in [2.45, 2.75) is 17.6 Å². The second-order valence-electron chi connectivity index (χ2n) is 5.55. The number of rotatable bonds is 1.